The maximum atomic E-state index is 6.16. The normalized spacial score (nSPS) is 17.9. The number of pyridine rings is 1. The molecule has 0 aliphatic carbocycles. The van der Waals surface area contributed by atoms with Crippen LogP contribution in [0.4, 0.5) is 11.8 Å². The number of para-hydroxylation sites is 1. The van der Waals surface area contributed by atoms with Crippen LogP contribution in [0.3, 0.4) is 0 Å². The molecular formula is C17H19N5. The summed E-state index contributed by atoms with van der Waals surface area (Å²) in [6, 6.07) is 8.11. The number of nitrogen functional groups attached to an aromatic ring is 1. The first kappa shape index (κ1) is 13.1. The van der Waals surface area contributed by atoms with Gasteiger partial charge in [0.25, 0.3) is 0 Å². The van der Waals surface area contributed by atoms with Crippen LogP contribution in [-0.2, 0) is 6.54 Å². The minimum atomic E-state index is 0.502. The summed E-state index contributed by atoms with van der Waals surface area (Å²) in [5.41, 5.74) is 8.98. The quantitative estimate of drug-likeness (QED) is 0.738. The third-order valence-electron chi connectivity index (χ3n) is 4.25. The van der Waals surface area contributed by atoms with Crippen molar-refractivity contribution in [3.05, 3.63) is 36.9 Å². The molecule has 0 saturated heterocycles. The van der Waals surface area contributed by atoms with Gasteiger partial charge >= 0.3 is 0 Å². The predicted octanol–water partition coefficient (Wildman–Crippen LogP) is 2.81. The van der Waals surface area contributed by atoms with Crippen LogP contribution < -0.4 is 10.6 Å². The summed E-state index contributed by atoms with van der Waals surface area (Å²) >= 11 is 0. The lowest BCUT2D eigenvalue weighted by Crippen LogP contribution is -2.37. The average Bonchev–Trinajstić information content (AvgIpc) is 2.88. The van der Waals surface area contributed by atoms with E-state index in [1.54, 1.807) is 0 Å². The van der Waals surface area contributed by atoms with Crippen LogP contribution >= 0.6 is 0 Å². The van der Waals surface area contributed by atoms with Crippen LogP contribution in [-0.4, -0.2) is 27.6 Å². The number of rotatable bonds is 2. The van der Waals surface area contributed by atoms with Gasteiger partial charge in [-0.3, -0.25) is 0 Å². The molecule has 1 aromatic carbocycles. The zero-order valence-corrected chi connectivity index (χ0v) is 12.7. The van der Waals surface area contributed by atoms with Gasteiger partial charge in [-0.25, -0.2) is 9.97 Å². The molecular weight excluding hydrogens is 274 g/mol. The number of imidazole rings is 1. The summed E-state index contributed by atoms with van der Waals surface area (Å²) in [6.45, 7) is 8.85. The molecule has 112 valence electrons. The van der Waals surface area contributed by atoms with Gasteiger partial charge in [0.2, 0.25) is 5.95 Å². The zero-order valence-electron chi connectivity index (χ0n) is 12.7. The highest BCUT2D eigenvalue weighted by Crippen LogP contribution is 2.34. The molecule has 5 nitrogen and oxygen atoms in total. The van der Waals surface area contributed by atoms with Crippen LogP contribution in [0.1, 0.15) is 6.92 Å². The number of anilines is 2. The third kappa shape index (κ3) is 1.78. The molecule has 2 aromatic heterocycles. The second-order valence-electron chi connectivity index (χ2n) is 6.03. The van der Waals surface area contributed by atoms with Gasteiger partial charge in [0.1, 0.15) is 5.52 Å². The molecule has 0 amide bonds. The van der Waals surface area contributed by atoms with Crippen molar-refractivity contribution >= 4 is 33.7 Å². The number of aromatic nitrogens is 3. The predicted molar refractivity (Wildman–Crippen MR) is 91.0 cm³/mol. The number of hydrogen-bond acceptors (Lipinski definition) is 4. The van der Waals surface area contributed by atoms with Crippen molar-refractivity contribution in [1.29, 1.82) is 0 Å². The summed E-state index contributed by atoms with van der Waals surface area (Å²) in [5, 5.41) is 1.11. The SMILES string of the molecule is C=CCN1CC(C)Cn2c1nc1c(N)nc3ccccc3c12. The highest BCUT2D eigenvalue weighted by atomic mass is 15.3. The van der Waals surface area contributed by atoms with Crippen molar-refractivity contribution in [3.63, 3.8) is 0 Å². The van der Waals surface area contributed by atoms with E-state index in [0.29, 0.717) is 11.7 Å². The molecule has 1 atom stereocenters. The number of nitrogens with zero attached hydrogens (tertiary/aromatic N) is 4. The molecule has 3 aromatic rings. The number of hydrogen-bond donors (Lipinski definition) is 1. The van der Waals surface area contributed by atoms with Crippen molar-refractivity contribution in [2.75, 3.05) is 23.7 Å². The van der Waals surface area contributed by atoms with Gasteiger partial charge in [-0.1, -0.05) is 31.2 Å². The summed E-state index contributed by atoms with van der Waals surface area (Å²) in [6.07, 6.45) is 1.92. The van der Waals surface area contributed by atoms with E-state index in [2.05, 4.69) is 34.0 Å². The second kappa shape index (κ2) is 4.73. The van der Waals surface area contributed by atoms with Crippen LogP contribution in [0.5, 0.6) is 0 Å². The van der Waals surface area contributed by atoms with E-state index in [-0.39, 0.29) is 0 Å². The van der Waals surface area contributed by atoms with E-state index in [0.717, 1.165) is 47.5 Å². The van der Waals surface area contributed by atoms with E-state index >= 15 is 0 Å². The summed E-state index contributed by atoms with van der Waals surface area (Å²) in [7, 11) is 0. The second-order valence-corrected chi connectivity index (χ2v) is 6.03. The lowest BCUT2D eigenvalue weighted by atomic mass is 10.1. The number of nitrogens with two attached hydrogens (primary N) is 1. The van der Waals surface area contributed by atoms with Gasteiger partial charge in [0, 0.05) is 25.0 Å². The van der Waals surface area contributed by atoms with Gasteiger partial charge < -0.3 is 15.2 Å². The van der Waals surface area contributed by atoms with Gasteiger partial charge in [-0.15, -0.1) is 6.58 Å². The topological polar surface area (TPSA) is 60.0 Å². The molecule has 1 aliphatic heterocycles. The largest absolute Gasteiger partial charge is 0.382 e. The Labute approximate surface area is 129 Å². The summed E-state index contributed by atoms with van der Waals surface area (Å²) < 4.78 is 2.29. The molecule has 5 heteroatoms. The molecule has 0 fully saturated rings. The fourth-order valence-electron chi connectivity index (χ4n) is 3.40. The minimum absolute atomic E-state index is 0.502. The summed E-state index contributed by atoms with van der Waals surface area (Å²) in [4.78, 5) is 11.6. The number of benzene rings is 1. The fourth-order valence-corrected chi connectivity index (χ4v) is 3.40. The molecule has 3 heterocycles. The van der Waals surface area contributed by atoms with Crippen molar-refractivity contribution in [2.24, 2.45) is 5.92 Å². The third-order valence-corrected chi connectivity index (χ3v) is 4.25. The first-order valence-corrected chi connectivity index (χ1v) is 7.59. The molecule has 22 heavy (non-hydrogen) atoms. The van der Waals surface area contributed by atoms with Crippen molar-refractivity contribution in [1.82, 2.24) is 14.5 Å². The van der Waals surface area contributed by atoms with Crippen molar-refractivity contribution < 1.29 is 0 Å². The van der Waals surface area contributed by atoms with E-state index < -0.39 is 0 Å². The first-order valence-electron chi connectivity index (χ1n) is 7.59. The van der Waals surface area contributed by atoms with Crippen molar-refractivity contribution in [2.45, 2.75) is 13.5 Å². The van der Waals surface area contributed by atoms with Crippen molar-refractivity contribution in [3.8, 4) is 0 Å². The standard InChI is InChI=1S/C17H19N5/c1-3-8-21-9-11(2)10-22-15-12-6-4-5-7-13(12)19-16(18)14(15)20-17(21)22/h3-7,11H,1,8-10H2,2H3,(H2,18,19). The highest BCUT2D eigenvalue weighted by molar-refractivity contribution is 6.07. The van der Waals surface area contributed by atoms with Crippen LogP contribution in [0.25, 0.3) is 21.9 Å². The molecule has 1 unspecified atom stereocenters. The van der Waals surface area contributed by atoms with Crippen LogP contribution in [0.2, 0.25) is 0 Å². The monoisotopic (exact) mass is 293 g/mol. The maximum absolute atomic E-state index is 6.16. The molecule has 1 aliphatic rings. The molecule has 0 radical (unpaired) electrons. The molecule has 0 saturated carbocycles. The fraction of sp³-hybridized carbons (Fsp3) is 0.294. The maximum Gasteiger partial charge on any atom is 0.207 e. The van der Waals surface area contributed by atoms with Gasteiger partial charge in [-0.05, 0) is 12.0 Å². The molecule has 0 bridgehead atoms. The Bertz CT molecular complexity index is 880. The smallest absolute Gasteiger partial charge is 0.207 e. The van der Waals surface area contributed by atoms with Gasteiger partial charge in [0.15, 0.2) is 5.82 Å². The van der Waals surface area contributed by atoms with Crippen LogP contribution in [0.15, 0.2) is 36.9 Å². The Morgan fingerprint density at radius 1 is 1.32 bits per heavy atom. The molecule has 2 N–H and O–H groups in total. The Hall–Kier alpha value is -2.56. The van der Waals surface area contributed by atoms with E-state index in [9.17, 15) is 0 Å². The molecule has 4 rings (SSSR count). The van der Waals surface area contributed by atoms with E-state index in [4.69, 9.17) is 10.7 Å². The molecule has 0 spiro atoms. The lowest BCUT2D eigenvalue weighted by molar-refractivity contribution is 0.445. The Kier molecular flexibility index (Phi) is 2.82. The summed E-state index contributed by atoms with van der Waals surface area (Å²) in [5.74, 6) is 2.03. The minimum Gasteiger partial charge on any atom is -0.382 e. The average molecular weight is 293 g/mol. The van der Waals surface area contributed by atoms with E-state index in [1.807, 2.05) is 24.3 Å². The van der Waals surface area contributed by atoms with Gasteiger partial charge in [0.05, 0.1) is 11.0 Å². The Morgan fingerprint density at radius 2 is 2.14 bits per heavy atom. The Morgan fingerprint density at radius 3 is 2.95 bits per heavy atom. The van der Waals surface area contributed by atoms with Crippen LogP contribution in [0, 0.1) is 5.92 Å². The lowest BCUT2D eigenvalue weighted by Gasteiger charge is -2.32. The first-order chi connectivity index (χ1) is 10.7. The van der Waals surface area contributed by atoms with Gasteiger partial charge in [-0.2, -0.15) is 0 Å². The zero-order chi connectivity index (χ0) is 15.3. The highest BCUT2D eigenvalue weighted by Gasteiger charge is 2.26. The van der Waals surface area contributed by atoms with E-state index in [1.165, 1.54) is 0 Å². The number of fused-ring (bicyclic) bond motifs is 5. The Balaban J connectivity index is 2.09.